The van der Waals surface area contributed by atoms with Gasteiger partial charge in [-0.3, -0.25) is 4.79 Å². The topological polar surface area (TPSA) is 112 Å². The summed E-state index contributed by atoms with van der Waals surface area (Å²) in [5, 5.41) is 2.66. The molecule has 3 rings (SSSR count). The molecular weight excluding hydrogens is 402 g/mol. The number of methoxy groups -OCH3 is 1. The fraction of sp³-hybridized carbons (Fsp3) is 0.238. The number of rotatable bonds is 8. The number of nitrogens with zero attached hydrogens (tertiary/aromatic N) is 3. The van der Waals surface area contributed by atoms with Gasteiger partial charge in [0.25, 0.3) is 0 Å². The maximum Gasteiger partial charge on any atom is 0.319 e. The number of benzene rings is 2. The SMILES string of the molecule is COc1ccccc1Nc1nc(N)nc(COC(=O)[C@@H](C)Sc2ccc(C)cc2)n1. The first-order valence-electron chi connectivity index (χ1n) is 9.25. The molecule has 30 heavy (non-hydrogen) atoms. The lowest BCUT2D eigenvalue weighted by Crippen LogP contribution is -2.18. The van der Waals surface area contributed by atoms with Gasteiger partial charge in [0.05, 0.1) is 12.8 Å². The van der Waals surface area contributed by atoms with Crippen LogP contribution in [0.25, 0.3) is 0 Å². The van der Waals surface area contributed by atoms with E-state index in [1.165, 1.54) is 17.3 Å². The average Bonchev–Trinajstić information content (AvgIpc) is 2.73. The zero-order valence-electron chi connectivity index (χ0n) is 17.0. The molecule has 0 bridgehead atoms. The normalized spacial score (nSPS) is 11.6. The lowest BCUT2D eigenvalue weighted by molar-refractivity contribution is -0.144. The number of nitrogens with one attached hydrogen (secondary N) is 1. The lowest BCUT2D eigenvalue weighted by atomic mass is 10.2. The van der Waals surface area contributed by atoms with Crippen molar-refractivity contribution in [3.63, 3.8) is 0 Å². The Labute approximate surface area is 179 Å². The van der Waals surface area contributed by atoms with Crippen LogP contribution >= 0.6 is 11.8 Å². The summed E-state index contributed by atoms with van der Waals surface area (Å²) >= 11 is 1.43. The number of thioether (sulfide) groups is 1. The Morgan fingerprint density at radius 2 is 1.87 bits per heavy atom. The fourth-order valence-electron chi connectivity index (χ4n) is 2.55. The number of anilines is 3. The van der Waals surface area contributed by atoms with E-state index in [0.29, 0.717) is 11.4 Å². The Balaban J connectivity index is 1.62. The minimum absolute atomic E-state index is 0.0236. The van der Waals surface area contributed by atoms with Crippen molar-refractivity contribution < 1.29 is 14.3 Å². The van der Waals surface area contributed by atoms with Gasteiger partial charge in [-0.25, -0.2) is 0 Å². The molecule has 2 aromatic carbocycles. The third-order valence-electron chi connectivity index (χ3n) is 4.06. The molecule has 0 radical (unpaired) electrons. The zero-order chi connectivity index (χ0) is 21.5. The highest BCUT2D eigenvalue weighted by Gasteiger charge is 2.17. The number of ether oxygens (including phenoxy) is 2. The van der Waals surface area contributed by atoms with Gasteiger partial charge in [0, 0.05) is 4.90 Å². The highest BCUT2D eigenvalue weighted by molar-refractivity contribution is 8.00. The highest BCUT2D eigenvalue weighted by Crippen LogP contribution is 2.26. The van der Waals surface area contributed by atoms with Crippen molar-refractivity contribution in [3.05, 3.63) is 59.9 Å². The third kappa shape index (κ3) is 5.84. The van der Waals surface area contributed by atoms with E-state index in [4.69, 9.17) is 15.2 Å². The highest BCUT2D eigenvalue weighted by atomic mass is 32.2. The first-order valence-corrected chi connectivity index (χ1v) is 10.1. The molecule has 0 aliphatic heterocycles. The van der Waals surface area contributed by atoms with Crippen LogP contribution in [0, 0.1) is 6.92 Å². The van der Waals surface area contributed by atoms with Crippen LogP contribution in [0.1, 0.15) is 18.3 Å². The van der Waals surface area contributed by atoms with Crippen molar-refractivity contribution in [1.29, 1.82) is 0 Å². The molecule has 0 fully saturated rings. The smallest absolute Gasteiger partial charge is 0.319 e. The van der Waals surface area contributed by atoms with E-state index >= 15 is 0 Å². The van der Waals surface area contributed by atoms with Crippen LogP contribution in [0.4, 0.5) is 17.6 Å². The van der Waals surface area contributed by atoms with Crippen molar-refractivity contribution >= 4 is 35.3 Å². The Kier molecular flexibility index (Phi) is 7.08. The Bertz CT molecular complexity index is 1010. The number of nitrogen functional groups attached to an aromatic ring is 1. The minimum Gasteiger partial charge on any atom is -0.495 e. The van der Waals surface area contributed by atoms with Crippen LogP contribution < -0.4 is 15.8 Å². The number of hydrogen-bond donors (Lipinski definition) is 2. The molecule has 0 saturated heterocycles. The van der Waals surface area contributed by atoms with Gasteiger partial charge in [-0.15, -0.1) is 11.8 Å². The summed E-state index contributed by atoms with van der Waals surface area (Å²) in [6, 6.07) is 15.3. The van der Waals surface area contributed by atoms with E-state index in [1.54, 1.807) is 14.0 Å². The summed E-state index contributed by atoms with van der Waals surface area (Å²) in [6.45, 7) is 3.71. The molecule has 3 N–H and O–H groups in total. The van der Waals surface area contributed by atoms with E-state index in [0.717, 1.165) is 4.90 Å². The monoisotopic (exact) mass is 425 g/mol. The van der Waals surface area contributed by atoms with Gasteiger partial charge in [-0.2, -0.15) is 15.0 Å². The predicted molar refractivity (Wildman–Crippen MR) is 117 cm³/mol. The predicted octanol–water partition coefficient (Wildman–Crippen LogP) is 3.74. The molecule has 9 heteroatoms. The molecule has 0 unspecified atom stereocenters. The van der Waals surface area contributed by atoms with Crippen LogP contribution in [0.5, 0.6) is 5.75 Å². The molecule has 1 heterocycles. The summed E-state index contributed by atoms with van der Waals surface area (Å²) in [5.74, 6) is 0.779. The summed E-state index contributed by atoms with van der Waals surface area (Å²) in [5.41, 5.74) is 7.63. The molecule has 156 valence electrons. The zero-order valence-corrected chi connectivity index (χ0v) is 17.8. The Morgan fingerprint density at radius 1 is 1.13 bits per heavy atom. The second kappa shape index (κ2) is 9.93. The number of para-hydroxylation sites is 2. The molecule has 0 saturated carbocycles. The molecule has 1 aromatic heterocycles. The second-order valence-electron chi connectivity index (χ2n) is 6.44. The second-order valence-corrected chi connectivity index (χ2v) is 7.85. The first kappa shape index (κ1) is 21.4. The maximum absolute atomic E-state index is 12.4. The molecular formula is C21H23N5O3S. The van der Waals surface area contributed by atoms with E-state index in [2.05, 4.69) is 20.3 Å². The number of aryl methyl sites for hydroxylation is 1. The van der Waals surface area contributed by atoms with Crippen LogP contribution in [0.15, 0.2) is 53.4 Å². The summed E-state index contributed by atoms with van der Waals surface area (Å²) in [6.07, 6.45) is 0. The van der Waals surface area contributed by atoms with Crippen molar-refractivity contribution in [1.82, 2.24) is 15.0 Å². The summed E-state index contributed by atoms with van der Waals surface area (Å²) in [4.78, 5) is 25.7. The quantitative estimate of drug-likeness (QED) is 0.412. The molecule has 0 aliphatic carbocycles. The number of carbonyl (C=O) groups excluding carboxylic acids is 1. The fourth-order valence-corrected chi connectivity index (χ4v) is 3.41. The molecule has 0 amide bonds. The molecule has 0 aliphatic rings. The number of carbonyl (C=O) groups is 1. The average molecular weight is 426 g/mol. The van der Waals surface area contributed by atoms with Crippen molar-refractivity contribution in [2.75, 3.05) is 18.2 Å². The molecule has 8 nitrogen and oxygen atoms in total. The molecule has 1 atom stereocenters. The van der Waals surface area contributed by atoms with E-state index in [-0.39, 0.29) is 35.5 Å². The minimum atomic E-state index is -0.377. The number of nitrogens with two attached hydrogens (primary N) is 1. The number of hydrogen-bond acceptors (Lipinski definition) is 9. The largest absolute Gasteiger partial charge is 0.495 e. The van der Waals surface area contributed by atoms with Crippen LogP contribution in [-0.4, -0.2) is 33.3 Å². The number of aromatic nitrogens is 3. The van der Waals surface area contributed by atoms with E-state index in [1.807, 2.05) is 55.5 Å². The standard InChI is InChI=1S/C21H23N5O3S/c1-13-8-10-15(11-9-13)30-14(2)19(27)29-12-18-24-20(22)26-21(25-18)23-16-6-4-5-7-17(16)28-3/h4-11,14H,12H2,1-3H3,(H3,22,23,24,25,26)/t14-/m1/s1. The summed E-state index contributed by atoms with van der Waals surface area (Å²) < 4.78 is 10.7. The van der Waals surface area contributed by atoms with Gasteiger partial charge in [0.1, 0.15) is 11.0 Å². The van der Waals surface area contributed by atoms with Gasteiger partial charge < -0.3 is 20.5 Å². The third-order valence-corrected chi connectivity index (χ3v) is 5.15. The maximum atomic E-state index is 12.4. The Morgan fingerprint density at radius 3 is 2.60 bits per heavy atom. The van der Waals surface area contributed by atoms with Gasteiger partial charge >= 0.3 is 5.97 Å². The van der Waals surface area contributed by atoms with Gasteiger partial charge in [0.2, 0.25) is 11.9 Å². The summed E-state index contributed by atoms with van der Waals surface area (Å²) in [7, 11) is 1.57. The van der Waals surface area contributed by atoms with Crippen molar-refractivity contribution in [2.24, 2.45) is 0 Å². The Hall–Kier alpha value is -3.33. The molecule has 0 spiro atoms. The van der Waals surface area contributed by atoms with E-state index < -0.39 is 0 Å². The number of esters is 1. The van der Waals surface area contributed by atoms with Crippen LogP contribution in [0.3, 0.4) is 0 Å². The van der Waals surface area contributed by atoms with Crippen LogP contribution in [0.2, 0.25) is 0 Å². The van der Waals surface area contributed by atoms with Crippen molar-refractivity contribution in [3.8, 4) is 5.75 Å². The van der Waals surface area contributed by atoms with Gasteiger partial charge in [-0.1, -0.05) is 29.8 Å². The first-order chi connectivity index (χ1) is 14.4. The van der Waals surface area contributed by atoms with Crippen LogP contribution in [-0.2, 0) is 16.1 Å². The molecule has 3 aromatic rings. The van der Waals surface area contributed by atoms with Gasteiger partial charge in [-0.05, 0) is 38.1 Å². The van der Waals surface area contributed by atoms with Crippen molar-refractivity contribution in [2.45, 2.75) is 30.6 Å². The van der Waals surface area contributed by atoms with E-state index in [9.17, 15) is 4.79 Å². The van der Waals surface area contributed by atoms with Gasteiger partial charge in [0.15, 0.2) is 12.4 Å². The lowest BCUT2D eigenvalue weighted by Gasteiger charge is -2.12.